The Balaban J connectivity index is 2.68. The molecular formula is C11H16NO4P. The second kappa shape index (κ2) is 5.56. The molecule has 1 rings (SSSR count). The molecule has 4 N–H and O–H groups in total. The van der Waals surface area contributed by atoms with Crippen molar-refractivity contribution < 1.29 is 19.1 Å². The van der Waals surface area contributed by atoms with Crippen molar-refractivity contribution >= 4 is 13.4 Å². The summed E-state index contributed by atoms with van der Waals surface area (Å²) in [7, 11) is -4.02. The third-order valence-electron chi connectivity index (χ3n) is 2.39. The van der Waals surface area contributed by atoms with E-state index in [4.69, 9.17) is 15.5 Å². The zero-order chi connectivity index (χ0) is 13.1. The number of benzene rings is 1. The summed E-state index contributed by atoms with van der Waals surface area (Å²) in [6, 6.07) is 6.21. The summed E-state index contributed by atoms with van der Waals surface area (Å²) < 4.78 is 10.8. The van der Waals surface area contributed by atoms with Crippen LogP contribution in [0.2, 0.25) is 0 Å². The first-order valence-electron chi connectivity index (χ1n) is 5.16. The molecule has 17 heavy (non-hydrogen) atoms. The maximum absolute atomic E-state index is 11.0. The highest BCUT2D eigenvalue weighted by Gasteiger charge is 2.14. The number of nitrogens with two attached hydrogens (primary N) is 1. The van der Waals surface area contributed by atoms with Gasteiger partial charge in [0.05, 0.1) is 12.2 Å². The Kier molecular flexibility index (Phi) is 4.60. The fourth-order valence-electron chi connectivity index (χ4n) is 1.42. The van der Waals surface area contributed by atoms with E-state index in [2.05, 4.69) is 0 Å². The number of carbonyl (C=O) groups excluding carboxylic acids is 1. The normalized spacial score (nSPS) is 13.4. The van der Waals surface area contributed by atoms with Gasteiger partial charge in [0, 0.05) is 0 Å². The van der Waals surface area contributed by atoms with Gasteiger partial charge in [-0.05, 0) is 24.5 Å². The molecule has 94 valence electrons. The molecule has 0 fully saturated rings. The summed E-state index contributed by atoms with van der Waals surface area (Å²) in [6.07, 6.45) is 0.164. The smallest absolute Gasteiger partial charge is 0.324 e. The molecule has 0 radical (unpaired) electrons. The van der Waals surface area contributed by atoms with E-state index in [0.29, 0.717) is 12.0 Å². The molecule has 0 saturated heterocycles. The van der Waals surface area contributed by atoms with Crippen LogP contribution < -0.4 is 5.73 Å². The van der Waals surface area contributed by atoms with Crippen LogP contribution in [0.25, 0.3) is 0 Å². The molecule has 6 heteroatoms. The quantitative estimate of drug-likeness (QED) is 0.678. The molecule has 0 aliphatic rings. The van der Waals surface area contributed by atoms with Crippen molar-refractivity contribution in [3.63, 3.8) is 0 Å². The average Bonchev–Trinajstić information content (AvgIpc) is 2.18. The molecule has 0 amide bonds. The van der Waals surface area contributed by atoms with Crippen LogP contribution in [-0.2, 0) is 21.9 Å². The Hall–Kier alpha value is -1.00. The van der Waals surface area contributed by atoms with Gasteiger partial charge in [0.1, 0.15) is 5.78 Å². The summed E-state index contributed by atoms with van der Waals surface area (Å²) in [5, 5.41) is 0. The molecule has 1 atom stereocenters. The molecule has 0 saturated carbocycles. The lowest BCUT2D eigenvalue weighted by atomic mass is 10.0. The van der Waals surface area contributed by atoms with Crippen LogP contribution in [0.1, 0.15) is 18.1 Å². The summed E-state index contributed by atoms with van der Waals surface area (Å²) in [5.74, 6) is -0.0794. The molecule has 1 aromatic carbocycles. The Labute approximate surface area is 99.8 Å². The van der Waals surface area contributed by atoms with Crippen molar-refractivity contribution in [2.45, 2.75) is 25.5 Å². The molecule has 0 aliphatic heterocycles. The minimum absolute atomic E-state index is 0.0794. The number of rotatable bonds is 5. The predicted molar refractivity (Wildman–Crippen MR) is 64.6 cm³/mol. The van der Waals surface area contributed by atoms with Gasteiger partial charge in [-0.15, -0.1) is 0 Å². The molecule has 0 aliphatic carbocycles. The third-order valence-corrected chi connectivity index (χ3v) is 3.17. The summed E-state index contributed by atoms with van der Waals surface area (Å²) >= 11 is 0. The number of hydrogen-bond donors (Lipinski definition) is 3. The van der Waals surface area contributed by atoms with Crippen LogP contribution in [0.5, 0.6) is 0 Å². The van der Waals surface area contributed by atoms with Crippen molar-refractivity contribution in [2.24, 2.45) is 5.73 Å². The van der Waals surface area contributed by atoms with Crippen molar-refractivity contribution in [2.75, 3.05) is 0 Å². The highest BCUT2D eigenvalue weighted by Crippen LogP contribution is 2.38. The molecule has 5 nitrogen and oxygen atoms in total. The van der Waals surface area contributed by atoms with Gasteiger partial charge in [0.25, 0.3) is 0 Å². The van der Waals surface area contributed by atoms with E-state index in [0.717, 1.165) is 5.56 Å². The van der Waals surface area contributed by atoms with Gasteiger partial charge in [-0.25, -0.2) is 0 Å². The van der Waals surface area contributed by atoms with Crippen molar-refractivity contribution in [1.29, 1.82) is 0 Å². The van der Waals surface area contributed by atoms with Crippen LogP contribution >= 0.6 is 7.60 Å². The fourth-order valence-corrected chi connectivity index (χ4v) is 2.10. The second-order valence-corrected chi connectivity index (χ2v) is 5.71. The monoisotopic (exact) mass is 257 g/mol. The molecule has 0 unspecified atom stereocenters. The van der Waals surface area contributed by atoms with Gasteiger partial charge in [0.15, 0.2) is 0 Å². The zero-order valence-electron chi connectivity index (χ0n) is 9.54. The topological polar surface area (TPSA) is 101 Å². The fraction of sp³-hybridized carbons (Fsp3) is 0.364. The van der Waals surface area contributed by atoms with Crippen LogP contribution in [0.3, 0.4) is 0 Å². The maximum atomic E-state index is 11.0. The largest absolute Gasteiger partial charge is 0.329 e. The number of hydrogen-bond acceptors (Lipinski definition) is 3. The zero-order valence-corrected chi connectivity index (χ0v) is 10.4. The summed E-state index contributed by atoms with van der Waals surface area (Å²) in [6.45, 7) is 1.44. The van der Waals surface area contributed by atoms with E-state index < -0.39 is 13.6 Å². The lowest BCUT2D eigenvalue weighted by Crippen LogP contribution is -2.30. The first-order chi connectivity index (χ1) is 7.78. The average molecular weight is 257 g/mol. The highest BCUT2D eigenvalue weighted by molar-refractivity contribution is 7.50. The van der Waals surface area contributed by atoms with Crippen LogP contribution in [0.4, 0.5) is 0 Å². The Morgan fingerprint density at radius 1 is 1.29 bits per heavy atom. The predicted octanol–water partition coefficient (Wildman–Crippen LogP) is 0.823. The Bertz CT molecular complexity index is 437. The maximum Gasteiger partial charge on any atom is 0.329 e. The highest BCUT2D eigenvalue weighted by atomic mass is 31.2. The Morgan fingerprint density at radius 3 is 2.18 bits per heavy atom. The molecule has 0 heterocycles. The first kappa shape index (κ1) is 14.1. The van der Waals surface area contributed by atoms with E-state index in [1.54, 1.807) is 24.3 Å². The molecule has 0 spiro atoms. The number of carbonyl (C=O) groups is 1. The molecule has 0 aromatic heterocycles. The van der Waals surface area contributed by atoms with E-state index in [1.165, 1.54) is 6.92 Å². The van der Waals surface area contributed by atoms with Crippen LogP contribution in [-0.4, -0.2) is 21.6 Å². The van der Waals surface area contributed by atoms with Gasteiger partial charge in [-0.1, -0.05) is 24.3 Å². The lowest BCUT2D eigenvalue weighted by molar-refractivity contribution is -0.118. The summed E-state index contributed by atoms with van der Waals surface area (Å²) in [5.41, 5.74) is 7.06. The van der Waals surface area contributed by atoms with E-state index >= 15 is 0 Å². The van der Waals surface area contributed by atoms with Crippen LogP contribution in [0.15, 0.2) is 24.3 Å². The van der Waals surface area contributed by atoms with Crippen molar-refractivity contribution in [1.82, 2.24) is 0 Å². The third kappa shape index (κ3) is 5.24. The number of Topliss-reactive ketones (excluding diaryl/α,β-unsaturated/α-hetero) is 1. The van der Waals surface area contributed by atoms with E-state index in [9.17, 15) is 9.36 Å². The second-order valence-electron chi connectivity index (χ2n) is 4.06. The van der Waals surface area contributed by atoms with Gasteiger partial charge in [-0.3, -0.25) is 9.36 Å². The van der Waals surface area contributed by atoms with Gasteiger partial charge in [0.2, 0.25) is 0 Å². The minimum atomic E-state index is -4.02. The molecule has 0 bridgehead atoms. The first-order valence-corrected chi connectivity index (χ1v) is 6.96. The Morgan fingerprint density at radius 2 is 1.76 bits per heavy atom. The van der Waals surface area contributed by atoms with E-state index in [1.807, 2.05) is 0 Å². The van der Waals surface area contributed by atoms with Gasteiger partial charge >= 0.3 is 7.60 Å². The number of ketones is 1. The SMILES string of the molecule is CC(=O)[C@@H](N)Cc1ccc(CP(=O)(O)O)cc1. The van der Waals surface area contributed by atoms with Gasteiger partial charge < -0.3 is 15.5 Å². The summed E-state index contributed by atoms with van der Waals surface area (Å²) in [4.78, 5) is 28.6. The standard InChI is InChI=1S/C11H16NO4P/c1-8(13)11(12)6-9-2-4-10(5-3-9)7-17(14,15)16/h2-5,11H,6-7,12H2,1H3,(H2,14,15,16)/t11-/m0/s1. The van der Waals surface area contributed by atoms with Crippen molar-refractivity contribution in [3.05, 3.63) is 35.4 Å². The van der Waals surface area contributed by atoms with Crippen molar-refractivity contribution in [3.8, 4) is 0 Å². The van der Waals surface area contributed by atoms with Crippen LogP contribution in [0, 0.1) is 0 Å². The lowest BCUT2D eigenvalue weighted by Gasteiger charge is -2.09. The molecular weight excluding hydrogens is 241 g/mol. The van der Waals surface area contributed by atoms with Gasteiger partial charge in [-0.2, -0.15) is 0 Å². The minimum Gasteiger partial charge on any atom is -0.324 e. The van der Waals surface area contributed by atoms with E-state index in [-0.39, 0.29) is 11.9 Å². The molecule has 1 aromatic rings.